The highest BCUT2D eigenvalue weighted by Crippen LogP contribution is 2.18. The highest BCUT2D eigenvalue weighted by atomic mass is 79.9. The molecule has 164 valence electrons. The van der Waals surface area contributed by atoms with Crippen LogP contribution in [0.2, 0.25) is 0 Å². The molecule has 0 saturated heterocycles. The predicted octanol–water partition coefficient (Wildman–Crippen LogP) is 5.57. The van der Waals surface area contributed by atoms with E-state index in [-0.39, 0.29) is 5.56 Å². The number of nitrogens with zero attached hydrogens (tertiary/aromatic N) is 4. The number of rotatable bonds is 8. The van der Waals surface area contributed by atoms with Crippen molar-refractivity contribution < 1.29 is 4.74 Å². The first-order chi connectivity index (χ1) is 15.6. The van der Waals surface area contributed by atoms with Gasteiger partial charge in [-0.2, -0.15) is 9.78 Å². The molecule has 0 saturated carbocycles. The molecule has 0 fully saturated rings. The number of fused-ring (bicyclic) bond motifs is 1. The molecule has 2 heterocycles. The quantitative estimate of drug-likeness (QED) is 0.302. The third-order valence-corrected chi connectivity index (χ3v) is 5.63. The number of halogens is 1. The Kier molecular flexibility index (Phi) is 6.85. The summed E-state index contributed by atoms with van der Waals surface area (Å²) in [5.41, 5.74) is 2.36. The molecule has 4 aromatic rings. The van der Waals surface area contributed by atoms with Crippen molar-refractivity contribution in [1.82, 2.24) is 14.2 Å². The zero-order chi connectivity index (χ0) is 22.5. The summed E-state index contributed by atoms with van der Waals surface area (Å²) in [5, 5.41) is 5.11. The molecule has 0 spiro atoms. The van der Waals surface area contributed by atoms with Crippen molar-refractivity contribution >= 4 is 33.0 Å². The van der Waals surface area contributed by atoms with Crippen molar-refractivity contribution in [3.8, 4) is 11.4 Å². The largest absolute Gasteiger partial charge is 0.494 e. The molecule has 0 atom stereocenters. The van der Waals surface area contributed by atoms with Crippen LogP contribution in [0, 0.1) is 0 Å². The van der Waals surface area contributed by atoms with Gasteiger partial charge in [0, 0.05) is 22.8 Å². The minimum absolute atomic E-state index is 0.169. The summed E-state index contributed by atoms with van der Waals surface area (Å²) in [4.78, 5) is 18.0. The van der Waals surface area contributed by atoms with Gasteiger partial charge < -0.3 is 9.30 Å². The van der Waals surface area contributed by atoms with Crippen molar-refractivity contribution in [3.63, 3.8) is 0 Å². The Bertz CT molecular complexity index is 1310. The molecule has 0 aliphatic rings. The molecule has 4 rings (SSSR count). The number of ether oxygens (including phenoxy) is 1. The highest BCUT2D eigenvalue weighted by molar-refractivity contribution is 9.10. The van der Waals surface area contributed by atoms with Crippen molar-refractivity contribution in [3.05, 3.63) is 87.1 Å². The Balaban J connectivity index is 1.73. The van der Waals surface area contributed by atoms with Gasteiger partial charge in [0.2, 0.25) is 0 Å². The lowest BCUT2D eigenvalue weighted by molar-refractivity contribution is 0.340. The van der Waals surface area contributed by atoms with Gasteiger partial charge in [0.15, 0.2) is 0 Å². The average molecular weight is 493 g/mol. The van der Waals surface area contributed by atoms with Crippen LogP contribution in [-0.2, 0) is 6.42 Å². The van der Waals surface area contributed by atoms with E-state index < -0.39 is 0 Å². The number of hydrogen-bond donors (Lipinski definition) is 0. The van der Waals surface area contributed by atoms with E-state index in [1.54, 1.807) is 12.3 Å². The first-order valence-electron chi connectivity index (χ1n) is 10.8. The lowest BCUT2D eigenvalue weighted by Crippen LogP contribution is -2.22. The molecule has 0 bridgehead atoms. The second-order valence-corrected chi connectivity index (χ2v) is 8.30. The fourth-order valence-corrected chi connectivity index (χ4v) is 3.89. The van der Waals surface area contributed by atoms with Gasteiger partial charge in [0.25, 0.3) is 5.56 Å². The van der Waals surface area contributed by atoms with Gasteiger partial charge in [-0.1, -0.05) is 29.3 Å². The second kappa shape index (κ2) is 9.96. The lowest BCUT2D eigenvalue weighted by Gasteiger charge is -2.10. The van der Waals surface area contributed by atoms with E-state index in [1.165, 1.54) is 4.68 Å². The Hall–Kier alpha value is -3.19. The van der Waals surface area contributed by atoms with E-state index in [0.29, 0.717) is 29.8 Å². The van der Waals surface area contributed by atoms with Gasteiger partial charge in [0.1, 0.15) is 11.6 Å². The number of aryl methyl sites for hydroxylation is 1. The monoisotopic (exact) mass is 492 g/mol. The Morgan fingerprint density at radius 3 is 2.69 bits per heavy atom. The molecule has 0 aliphatic carbocycles. The summed E-state index contributed by atoms with van der Waals surface area (Å²) in [6.45, 7) is 4.71. The predicted molar refractivity (Wildman–Crippen MR) is 132 cm³/mol. The maximum Gasteiger partial charge on any atom is 0.282 e. The first kappa shape index (κ1) is 22.0. The normalized spacial score (nSPS) is 11.5. The number of aromatic nitrogens is 3. The van der Waals surface area contributed by atoms with Gasteiger partial charge in [0.05, 0.1) is 29.4 Å². The van der Waals surface area contributed by atoms with E-state index in [0.717, 1.165) is 34.4 Å². The summed E-state index contributed by atoms with van der Waals surface area (Å²) in [7, 11) is 0. The van der Waals surface area contributed by atoms with Crippen molar-refractivity contribution in [1.29, 1.82) is 0 Å². The molecule has 2 aromatic heterocycles. The lowest BCUT2D eigenvalue weighted by atomic mass is 10.2. The van der Waals surface area contributed by atoms with Crippen LogP contribution in [0.3, 0.4) is 0 Å². The summed E-state index contributed by atoms with van der Waals surface area (Å²) in [5.74, 6) is 1.50. The standard InChI is InChI=1S/C25H25BrN4O2/c1-3-5-8-24-28-23-14-9-18(26)16-22(23)25(31)30(24)27-17-20-7-6-15-29(20)19-10-12-21(13-11-19)32-4-2/h6-7,9-17H,3-5,8H2,1-2H3. The van der Waals surface area contributed by atoms with Crippen molar-refractivity contribution in [2.24, 2.45) is 5.10 Å². The Labute approximate surface area is 195 Å². The average Bonchev–Trinajstić information content (AvgIpc) is 3.27. The van der Waals surface area contributed by atoms with Crippen LogP contribution in [0.5, 0.6) is 5.75 Å². The highest BCUT2D eigenvalue weighted by Gasteiger charge is 2.11. The third kappa shape index (κ3) is 4.67. The van der Waals surface area contributed by atoms with Crippen LogP contribution in [-0.4, -0.2) is 27.0 Å². The molecule has 2 aromatic carbocycles. The number of benzene rings is 2. The molecule has 0 radical (unpaired) electrons. The summed E-state index contributed by atoms with van der Waals surface area (Å²) >= 11 is 3.45. The zero-order valence-corrected chi connectivity index (χ0v) is 19.7. The van der Waals surface area contributed by atoms with Crippen LogP contribution < -0.4 is 10.3 Å². The second-order valence-electron chi connectivity index (χ2n) is 7.38. The molecule has 0 N–H and O–H groups in total. The molecular weight excluding hydrogens is 468 g/mol. The molecule has 6 nitrogen and oxygen atoms in total. The van der Waals surface area contributed by atoms with Crippen molar-refractivity contribution in [2.45, 2.75) is 33.1 Å². The first-order valence-corrected chi connectivity index (χ1v) is 11.6. The smallest absolute Gasteiger partial charge is 0.282 e. The fraction of sp³-hybridized carbons (Fsp3) is 0.240. The van der Waals surface area contributed by atoms with Crippen LogP contribution >= 0.6 is 15.9 Å². The van der Waals surface area contributed by atoms with Crippen LogP contribution in [0.4, 0.5) is 0 Å². The van der Waals surface area contributed by atoms with E-state index in [2.05, 4.69) is 28.0 Å². The molecule has 0 amide bonds. The SMILES string of the molecule is CCCCc1nc2ccc(Br)cc2c(=O)n1N=Cc1cccn1-c1ccc(OCC)cc1. The fourth-order valence-electron chi connectivity index (χ4n) is 3.53. The van der Waals surface area contributed by atoms with Gasteiger partial charge >= 0.3 is 0 Å². The van der Waals surface area contributed by atoms with Gasteiger partial charge in [-0.15, -0.1) is 0 Å². The Morgan fingerprint density at radius 2 is 1.94 bits per heavy atom. The van der Waals surface area contributed by atoms with Crippen molar-refractivity contribution in [2.75, 3.05) is 6.61 Å². The molecule has 0 aliphatic heterocycles. The third-order valence-electron chi connectivity index (χ3n) is 5.14. The maximum atomic E-state index is 13.2. The molecule has 32 heavy (non-hydrogen) atoms. The summed E-state index contributed by atoms with van der Waals surface area (Å²) < 4.78 is 9.82. The van der Waals surface area contributed by atoms with Gasteiger partial charge in [-0.25, -0.2) is 4.98 Å². The van der Waals surface area contributed by atoms with Crippen LogP contribution in [0.25, 0.3) is 16.6 Å². The van der Waals surface area contributed by atoms with E-state index in [4.69, 9.17) is 9.72 Å². The van der Waals surface area contributed by atoms with Gasteiger partial charge in [-0.3, -0.25) is 4.79 Å². The minimum Gasteiger partial charge on any atom is -0.494 e. The molecule has 7 heteroatoms. The molecule has 0 unspecified atom stereocenters. The van der Waals surface area contributed by atoms with Crippen LogP contribution in [0.15, 0.2) is 75.2 Å². The van der Waals surface area contributed by atoms with E-state index in [1.807, 2.05) is 66.2 Å². The van der Waals surface area contributed by atoms with E-state index in [9.17, 15) is 4.79 Å². The topological polar surface area (TPSA) is 61.4 Å². The Morgan fingerprint density at radius 1 is 1.12 bits per heavy atom. The minimum atomic E-state index is -0.169. The summed E-state index contributed by atoms with van der Waals surface area (Å²) in [6, 6.07) is 17.3. The zero-order valence-electron chi connectivity index (χ0n) is 18.2. The maximum absolute atomic E-state index is 13.2. The van der Waals surface area contributed by atoms with Gasteiger partial charge in [-0.05, 0) is 67.9 Å². The van der Waals surface area contributed by atoms with Crippen LogP contribution in [0.1, 0.15) is 38.2 Å². The molecular formula is C25H25BrN4O2. The number of unbranched alkanes of at least 4 members (excludes halogenated alkanes) is 1. The number of hydrogen-bond acceptors (Lipinski definition) is 4. The van der Waals surface area contributed by atoms with E-state index >= 15 is 0 Å². The summed E-state index contributed by atoms with van der Waals surface area (Å²) in [6.07, 6.45) is 6.31.